The number of hydrogen-bond donors (Lipinski definition) is 0. The third-order valence-corrected chi connectivity index (χ3v) is 4.23. The molecule has 0 bridgehead atoms. The van der Waals surface area contributed by atoms with Crippen LogP contribution in [0.1, 0.15) is 21.8 Å². The van der Waals surface area contributed by atoms with Crippen molar-refractivity contribution in [2.45, 2.75) is 5.92 Å². The fourth-order valence-corrected chi connectivity index (χ4v) is 3.20. The summed E-state index contributed by atoms with van der Waals surface area (Å²) in [5, 5.41) is 12.1. The minimum absolute atomic E-state index is 0.129. The quantitative estimate of drug-likeness (QED) is 0.666. The minimum atomic E-state index is -0.741. The number of hydrogen-bond acceptors (Lipinski definition) is 3. The Hall–Kier alpha value is -2.44. The van der Waals surface area contributed by atoms with Gasteiger partial charge >= 0.3 is 0 Å². The Balaban J connectivity index is 2.06. The smallest absolute Gasteiger partial charge is 0.185 e. The lowest BCUT2D eigenvalue weighted by molar-refractivity contribution is 0.0981. The zero-order valence-electron chi connectivity index (χ0n) is 10.6. The predicted octanol–water partition coefficient (Wildman–Crippen LogP) is 4.39. The lowest BCUT2D eigenvalue weighted by Crippen LogP contribution is -2.10. The molecule has 2 aromatic carbocycles. The van der Waals surface area contributed by atoms with Crippen LogP contribution in [-0.2, 0) is 0 Å². The molecule has 0 aliphatic heterocycles. The molecule has 0 saturated heterocycles. The van der Waals surface area contributed by atoms with Crippen molar-refractivity contribution in [1.29, 1.82) is 5.26 Å². The Morgan fingerprint density at radius 3 is 2.50 bits per heavy atom. The van der Waals surface area contributed by atoms with Crippen LogP contribution in [0.3, 0.4) is 0 Å². The first-order valence-electron chi connectivity index (χ1n) is 6.26. The third kappa shape index (κ3) is 2.11. The summed E-state index contributed by atoms with van der Waals surface area (Å²) in [5.41, 5.74) is 1.39. The monoisotopic (exact) mass is 277 g/mol. The van der Waals surface area contributed by atoms with Crippen LogP contribution < -0.4 is 0 Å². The molecule has 0 aliphatic rings. The van der Waals surface area contributed by atoms with Crippen LogP contribution in [0.5, 0.6) is 0 Å². The lowest BCUT2D eigenvalue weighted by Gasteiger charge is -2.07. The van der Waals surface area contributed by atoms with Crippen LogP contribution in [0, 0.1) is 11.3 Å². The summed E-state index contributed by atoms with van der Waals surface area (Å²) < 4.78 is 1.07. The van der Waals surface area contributed by atoms with E-state index >= 15 is 0 Å². The Morgan fingerprint density at radius 2 is 1.75 bits per heavy atom. The molecule has 0 N–H and O–H groups in total. The fraction of sp³-hybridized carbons (Fsp3) is 0.0588. The summed E-state index contributed by atoms with van der Waals surface area (Å²) in [5.74, 6) is -0.870. The van der Waals surface area contributed by atoms with Crippen molar-refractivity contribution in [1.82, 2.24) is 0 Å². The first-order valence-corrected chi connectivity index (χ1v) is 7.14. The molecule has 20 heavy (non-hydrogen) atoms. The topological polar surface area (TPSA) is 40.9 Å². The standard InChI is InChI=1S/C17H11NOS/c18-10-14(12-6-2-1-3-7-12)17(19)15-11-20-16-9-5-4-8-13(15)16/h1-9,11,14H/t14-/m0/s1. The zero-order valence-corrected chi connectivity index (χ0v) is 11.4. The molecule has 2 nitrogen and oxygen atoms in total. The average molecular weight is 277 g/mol. The van der Waals surface area contributed by atoms with Crippen LogP contribution in [0.25, 0.3) is 10.1 Å². The van der Waals surface area contributed by atoms with Gasteiger partial charge in [-0.15, -0.1) is 11.3 Å². The number of carbonyl (C=O) groups excluding carboxylic acids is 1. The van der Waals surface area contributed by atoms with Crippen LogP contribution in [0.15, 0.2) is 60.0 Å². The second kappa shape index (κ2) is 5.28. The van der Waals surface area contributed by atoms with E-state index in [1.165, 1.54) is 11.3 Å². The number of carbonyl (C=O) groups is 1. The van der Waals surface area contributed by atoms with Gasteiger partial charge in [0, 0.05) is 21.0 Å². The van der Waals surface area contributed by atoms with Crippen LogP contribution >= 0.6 is 11.3 Å². The maximum absolute atomic E-state index is 12.6. The molecule has 0 aliphatic carbocycles. The van der Waals surface area contributed by atoms with Crippen LogP contribution in [0.2, 0.25) is 0 Å². The molecule has 1 heterocycles. The third-order valence-electron chi connectivity index (χ3n) is 3.27. The molecule has 0 fully saturated rings. The number of fused-ring (bicyclic) bond motifs is 1. The molecular weight excluding hydrogens is 266 g/mol. The van der Waals surface area contributed by atoms with Gasteiger partial charge in [-0.25, -0.2) is 0 Å². The van der Waals surface area contributed by atoms with E-state index in [9.17, 15) is 10.1 Å². The molecule has 0 saturated carbocycles. The highest BCUT2D eigenvalue weighted by Gasteiger charge is 2.23. The summed E-state index contributed by atoms with van der Waals surface area (Å²) in [6.07, 6.45) is 0. The molecule has 3 heteroatoms. The first kappa shape index (κ1) is 12.6. The van der Waals surface area contributed by atoms with Gasteiger partial charge in [0.25, 0.3) is 0 Å². The summed E-state index contributed by atoms with van der Waals surface area (Å²) in [4.78, 5) is 12.6. The molecule has 1 atom stereocenters. The van der Waals surface area contributed by atoms with Crippen molar-refractivity contribution in [3.8, 4) is 6.07 Å². The highest BCUT2D eigenvalue weighted by molar-refractivity contribution is 7.17. The fourth-order valence-electron chi connectivity index (χ4n) is 2.25. The minimum Gasteiger partial charge on any atom is -0.292 e. The van der Waals surface area contributed by atoms with Crippen molar-refractivity contribution in [2.75, 3.05) is 0 Å². The number of rotatable bonds is 3. The summed E-state index contributed by atoms with van der Waals surface area (Å²) in [6, 6.07) is 19.1. The Morgan fingerprint density at radius 1 is 1.05 bits per heavy atom. The number of thiophene rings is 1. The van der Waals surface area contributed by atoms with Crippen LogP contribution in [0.4, 0.5) is 0 Å². The molecule has 0 amide bonds. The second-order valence-corrected chi connectivity index (χ2v) is 5.39. The normalized spacial score (nSPS) is 11.9. The van der Waals surface area contributed by atoms with E-state index in [2.05, 4.69) is 6.07 Å². The van der Waals surface area contributed by atoms with Gasteiger partial charge in [0.2, 0.25) is 0 Å². The van der Waals surface area contributed by atoms with Crippen molar-refractivity contribution in [3.05, 3.63) is 71.1 Å². The number of nitrogens with zero attached hydrogens (tertiary/aromatic N) is 1. The van der Waals surface area contributed by atoms with Crippen molar-refractivity contribution < 1.29 is 4.79 Å². The molecule has 1 aromatic heterocycles. The van der Waals surface area contributed by atoms with Gasteiger partial charge in [-0.1, -0.05) is 48.5 Å². The van der Waals surface area contributed by atoms with Gasteiger partial charge in [-0.2, -0.15) is 5.26 Å². The first-order chi connectivity index (χ1) is 9.81. The predicted molar refractivity (Wildman–Crippen MR) is 81.0 cm³/mol. The highest BCUT2D eigenvalue weighted by atomic mass is 32.1. The molecule has 0 spiro atoms. The molecule has 96 valence electrons. The van der Waals surface area contributed by atoms with E-state index < -0.39 is 5.92 Å². The Kier molecular flexibility index (Phi) is 3.32. The van der Waals surface area contributed by atoms with E-state index in [1.54, 1.807) is 0 Å². The summed E-state index contributed by atoms with van der Waals surface area (Å²) in [6.45, 7) is 0. The zero-order chi connectivity index (χ0) is 13.9. The molecule has 3 aromatic rings. The summed E-state index contributed by atoms with van der Waals surface area (Å²) in [7, 11) is 0. The van der Waals surface area contributed by atoms with Crippen LogP contribution in [-0.4, -0.2) is 5.78 Å². The molecular formula is C17H11NOS. The van der Waals surface area contributed by atoms with Gasteiger partial charge in [0.1, 0.15) is 5.92 Å². The van der Waals surface area contributed by atoms with Gasteiger partial charge in [0.05, 0.1) is 6.07 Å². The van der Waals surface area contributed by atoms with E-state index in [-0.39, 0.29) is 5.78 Å². The van der Waals surface area contributed by atoms with Crippen molar-refractivity contribution in [3.63, 3.8) is 0 Å². The SMILES string of the molecule is N#C[C@H](C(=O)c1csc2ccccc12)c1ccccc1. The van der Waals surface area contributed by atoms with Gasteiger partial charge in [-0.05, 0) is 11.6 Å². The molecule has 3 rings (SSSR count). The highest BCUT2D eigenvalue weighted by Crippen LogP contribution is 2.30. The van der Waals surface area contributed by atoms with Crippen molar-refractivity contribution >= 4 is 27.2 Å². The van der Waals surface area contributed by atoms with Crippen molar-refractivity contribution in [2.24, 2.45) is 0 Å². The average Bonchev–Trinajstić information content (AvgIpc) is 2.93. The Bertz CT molecular complexity index is 798. The van der Waals surface area contributed by atoms with Gasteiger partial charge in [-0.3, -0.25) is 4.79 Å². The molecule has 0 unspecified atom stereocenters. The number of ketones is 1. The van der Waals surface area contributed by atoms with E-state index in [4.69, 9.17) is 0 Å². The summed E-state index contributed by atoms with van der Waals surface area (Å²) >= 11 is 1.54. The number of nitriles is 1. The maximum atomic E-state index is 12.6. The largest absolute Gasteiger partial charge is 0.292 e. The van der Waals surface area contributed by atoms with E-state index in [1.807, 2.05) is 60.0 Å². The van der Waals surface area contributed by atoms with Gasteiger partial charge in [0.15, 0.2) is 5.78 Å². The maximum Gasteiger partial charge on any atom is 0.185 e. The molecule has 0 radical (unpaired) electrons. The van der Waals surface area contributed by atoms with E-state index in [0.29, 0.717) is 5.56 Å². The van der Waals surface area contributed by atoms with E-state index in [0.717, 1.165) is 15.6 Å². The Labute approximate surface area is 120 Å². The second-order valence-electron chi connectivity index (χ2n) is 4.48. The lowest BCUT2D eigenvalue weighted by atomic mass is 9.92. The number of Topliss-reactive ketones (excluding diaryl/α,β-unsaturated/α-hetero) is 1. The number of benzene rings is 2. The van der Waals surface area contributed by atoms with Gasteiger partial charge < -0.3 is 0 Å².